The molecule has 0 radical (unpaired) electrons. The number of benzene rings is 8. The van der Waals surface area contributed by atoms with Gasteiger partial charge in [0, 0.05) is 22.0 Å². The van der Waals surface area contributed by atoms with Crippen molar-refractivity contribution >= 4 is 54.5 Å². The summed E-state index contributed by atoms with van der Waals surface area (Å²) in [6.45, 7) is 13.2. The molecule has 2 aromatic heterocycles. The van der Waals surface area contributed by atoms with Gasteiger partial charge in [0.05, 0.1) is 20.7 Å². The number of nitrogens with zero attached hydrogens (tertiary/aromatic N) is 2. The highest BCUT2D eigenvalue weighted by Crippen LogP contribution is 2.42. The monoisotopic (exact) mass is 727 g/mol. The molecule has 0 N–H and O–H groups in total. The second kappa shape index (κ2) is 12.5. The average molecular weight is 728 g/mol. The Bertz CT molecular complexity index is 3290. The molecule has 0 aliphatic heterocycles. The Morgan fingerprint density at radius 2 is 1.16 bits per heavy atom. The van der Waals surface area contributed by atoms with Crippen molar-refractivity contribution in [2.75, 3.05) is 0 Å². The van der Waals surface area contributed by atoms with Gasteiger partial charge in [0.2, 0.25) is 0 Å². The molecule has 0 atom stereocenters. The minimum absolute atomic E-state index is 0.00958. The Balaban J connectivity index is 1.22. The van der Waals surface area contributed by atoms with Crippen LogP contribution in [0.15, 0.2) is 162 Å². The van der Waals surface area contributed by atoms with E-state index in [4.69, 9.17) is 10.8 Å². The molecule has 2 heterocycles. The summed E-state index contributed by atoms with van der Waals surface area (Å²) in [4.78, 5) is 5.24. The van der Waals surface area contributed by atoms with Crippen molar-refractivity contribution in [2.45, 2.75) is 52.4 Å². The molecular weight excluding hydrogens is 681 g/mol. The highest BCUT2D eigenvalue weighted by atomic mass is 16.3. The largest absolute Gasteiger partial charge is 0.455 e. The number of imidazole rings is 1. The molecule has 0 aliphatic rings. The average Bonchev–Trinajstić information content (AvgIpc) is 3.81. The number of hydrogen-bond acceptors (Lipinski definition) is 2. The second-order valence-corrected chi connectivity index (χ2v) is 17.1. The molecule has 0 saturated carbocycles. The van der Waals surface area contributed by atoms with Crippen LogP contribution in [0, 0.1) is 0 Å². The molecule has 0 amide bonds. The predicted octanol–water partition coefficient (Wildman–Crippen LogP) is 14.8. The van der Waals surface area contributed by atoms with E-state index < -0.39 is 0 Å². The first-order chi connectivity index (χ1) is 28.3. The van der Waals surface area contributed by atoms with Crippen molar-refractivity contribution in [3.63, 3.8) is 0 Å². The summed E-state index contributed by atoms with van der Waals surface area (Å²) in [6.07, 6.45) is 0. The molecule has 10 aromatic rings. The Kier molecular flexibility index (Phi) is 6.91. The lowest BCUT2D eigenvalue weighted by molar-refractivity contribution is 0.590. The van der Waals surface area contributed by atoms with Crippen molar-refractivity contribution in [1.29, 1.82) is 0 Å². The number of aromatic nitrogens is 2. The molecule has 8 aromatic carbocycles. The predicted molar refractivity (Wildman–Crippen MR) is 237 cm³/mol. The van der Waals surface area contributed by atoms with Crippen molar-refractivity contribution in [2.24, 2.45) is 0 Å². The highest BCUT2D eigenvalue weighted by Gasteiger charge is 2.23. The molecule has 0 unspecified atom stereocenters. The summed E-state index contributed by atoms with van der Waals surface area (Å²) in [5, 5.41) is 6.60. The molecule has 272 valence electrons. The molecule has 0 bridgehead atoms. The lowest BCUT2D eigenvalue weighted by Crippen LogP contribution is -2.11. The summed E-state index contributed by atoms with van der Waals surface area (Å²) in [6, 6.07) is 48.4. The normalized spacial score (nSPS) is 13.2. The molecule has 10 rings (SSSR count). The fraction of sp³-hybridized carbons (Fsp3) is 0.151. The van der Waals surface area contributed by atoms with Gasteiger partial charge in [0.15, 0.2) is 0 Å². The minimum atomic E-state index is -0.158. The minimum Gasteiger partial charge on any atom is -0.455 e. The zero-order chi connectivity index (χ0) is 41.0. The lowest BCUT2D eigenvalue weighted by atomic mass is 9.86. The van der Waals surface area contributed by atoms with Crippen LogP contribution in [-0.2, 0) is 10.8 Å². The Morgan fingerprint density at radius 3 is 1.88 bits per heavy atom. The van der Waals surface area contributed by atoms with Gasteiger partial charge in [-0.2, -0.15) is 0 Å². The molecular formula is C53H44N2O. The molecule has 0 spiro atoms. The topological polar surface area (TPSA) is 31.0 Å². The third-order valence-electron chi connectivity index (χ3n) is 11.3. The van der Waals surface area contributed by atoms with Crippen LogP contribution in [0.25, 0.3) is 93.8 Å². The maximum atomic E-state index is 9.41. The van der Waals surface area contributed by atoms with E-state index in [9.17, 15) is 2.74 Å². The van der Waals surface area contributed by atoms with E-state index in [0.717, 1.165) is 55.1 Å². The number of furan rings is 1. The van der Waals surface area contributed by atoms with Gasteiger partial charge in [0.25, 0.3) is 0 Å². The molecule has 3 nitrogen and oxygen atoms in total. The van der Waals surface area contributed by atoms with Crippen LogP contribution >= 0.6 is 0 Å². The van der Waals surface area contributed by atoms with E-state index in [-0.39, 0.29) is 29.0 Å². The van der Waals surface area contributed by atoms with E-state index in [1.165, 1.54) is 21.9 Å². The van der Waals surface area contributed by atoms with Gasteiger partial charge >= 0.3 is 0 Å². The Hall–Kier alpha value is -6.45. The van der Waals surface area contributed by atoms with E-state index in [1.54, 1.807) is 0 Å². The summed E-state index contributed by atoms with van der Waals surface area (Å²) in [5.41, 5.74) is 10.0. The maximum absolute atomic E-state index is 9.41. The summed E-state index contributed by atoms with van der Waals surface area (Å²) < 4.78 is 36.6. The SMILES string of the molecule is [2H]c1c([2H])c(-c2ccc(-c3ccc(C(C)(C)C)cc3)cc2)c2c(nc(-c3cccc4c3oc3cc5c(ccc6ccccc65)cc34)n2-c2ccc(C(C)(C)C)cc2)c1[2H]. The van der Waals surface area contributed by atoms with Gasteiger partial charge in [-0.15, -0.1) is 0 Å². The van der Waals surface area contributed by atoms with Crippen molar-refractivity contribution in [3.8, 4) is 39.3 Å². The smallest absolute Gasteiger partial charge is 0.149 e. The molecule has 0 fully saturated rings. The third-order valence-corrected chi connectivity index (χ3v) is 11.3. The van der Waals surface area contributed by atoms with E-state index >= 15 is 0 Å². The van der Waals surface area contributed by atoms with Crippen LogP contribution in [0.2, 0.25) is 0 Å². The van der Waals surface area contributed by atoms with E-state index in [0.29, 0.717) is 28.0 Å². The fourth-order valence-corrected chi connectivity index (χ4v) is 8.17. The van der Waals surface area contributed by atoms with Gasteiger partial charge in [-0.25, -0.2) is 4.98 Å². The van der Waals surface area contributed by atoms with Crippen LogP contribution in [0.1, 0.15) is 56.8 Å². The first-order valence-corrected chi connectivity index (χ1v) is 19.4. The zero-order valence-corrected chi connectivity index (χ0v) is 32.6. The lowest BCUT2D eigenvalue weighted by Gasteiger charge is -2.20. The second-order valence-electron chi connectivity index (χ2n) is 17.1. The van der Waals surface area contributed by atoms with Crippen LogP contribution in [0.4, 0.5) is 0 Å². The Labute approximate surface area is 332 Å². The zero-order valence-electron chi connectivity index (χ0n) is 35.6. The van der Waals surface area contributed by atoms with Crippen LogP contribution in [0.3, 0.4) is 0 Å². The van der Waals surface area contributed by atoms with Gasteiger partial charge < -0.3 is 4.42 Å². The van der Waals surface area contributed by atoms with E-state index in [1.807, 2.05) is 24.3 Å². The molecule has 56 heavy (non-hydrogen) atoms. The standard InChI is InChI=1S/C53H44N2O/c1-52(2,3)38-25-23-34(24-26-38)33-17-19-36(20-18-33)42-13-10-16-47-49(42)55(40-29-27-39(28-30-40)53(4,5)6)51(54-47)44-15-9-14-43-46-31-37-22-21-35-11-7-8-12-41(35)45(37)32-48(46)56-50(43)44/h7-32H,1-6H3/i10D,13D,16D. The number of fused-ring (bicyclic) bond motifs is 7. The van der Waals surface area contributed by atoms with Crippen molar-refractivity contribution in [3.05, 3.63) is 169 Å². The van der Waals surface area contributed by atoms with Crippen LogP contribution < -0.4 is 0 Å². The maximum Gasteiger partial charge on any atom is 0.149 e. The fourth-order valence-electron chi connectivity index (χ4n) is 8.17. The van der Waals surface area contributed by atoms with Gasteiger partial charge in [0.1, 0.15) is 17.0 Å². The molecule has 0 saturated heterocycles. The molecule has 3 heteroatoms. The summed E-state index contributed by atoms with van der Waals surface area (Å²) >= 11 is 0. The molecule has 0 aliphatic carbocycles. The van der Waals surface area contributed by atoms with Crippen LogP contribution in [0.5, 0.6) is 0 Å². The third kappa shape index (κ3) is 5.61. The quantitative estimate of drug-likeness (QED) is 0.169. The summed E-state index contributed by atoms with van der Waals surface area (Å²) in [7, 11) is 0. The van der Waals surface area contributed by atoms with Gasteiger partial charge in [-0.1, -0.05) is 163 Å². The van der Waals surface area contributed by atoms with E-state index in [2.05, 4.69) is 161 Å². The summed E-state index contributed by atoms with van der Waals surface area (Å²) in [5.74, 6) is 0.582. The first-order valence-electron chi connectivity index (χ1n) is 20.9. The van der Waals surface area contributed by atoms with Crippen molar-refractivity contribution in [1.82, 2.24) is 9.55 Å². The van der Waals surface area contributed by atoms with Crippen molar-refractivity contribution < 1.29 is 8.53 Å². The van der Waals surface area contributed by atoms with Gasteiger partial charge in [-0.3, -0.25) is 4.57 Å². The Morgan fingerprint density at radius 1 is 0.536 bits per heavy atom. The number of rotatable bonds is 4. The number of hydrogen-bond donors (Lipinski definition) is 0. The van der Waals surface area contributed by atoms with Crippen LogP contribution in [-0.4, -0.2) is 9.55 Å². The number of para-hydroxylation sites is 2. The highest BCUT2D eigenvalue weighted by molar-refractivity contribution is 6.17. The van der Waals surface area contributed by atoms with Gasteiger partial charge in [-0.05, 0) is 96.6 Å². The first kappa shape index (κ1) is 30.8.